The zero-order valence-corrected chi connectivity index (χ0v) is 15.1. The molecule has 25 heavy (non-hydrogen) atoms. The molecule has 0 saturated carbocycles. The Hall–Kier alpha value is -2.69. The fourth-order valence-electron chi connectivity index (χ4n) is 2.62. The standard InChI is InChI=1S/C20H26N2O3/c1-15-6-4-5-7-17(15)11-13-22-20(23)21-12-10-16-8-9-18(24-2)19(14-16)25-3/h4-9,14H,10-13H2,1-3H3,(H2,21,22,23). The first-order valence-electron chi connectivity index (χ1n) is 8.41. The summed E-state index contributed by atoms with van der Waals surface area (Å²) >= 11 is 0. The molecule has 0 bridgehead atoms. The van der Waals surface area contributed by atoms with Gasteiger partial charge in [-0.15, -0.1) is 0 Å². The van der Waals surface area contributed by atoms with Gasteiger partial charge in [0.2, 0.25) is 0 Å². The SMILES string of the molecule is COc1ccc(CCNC(=O)NCCc2ccccc2C)cc1OC. The number of amides is 2. The molecule has 0 aliphatic heterocycles. The molecule has 0 spiro atoms. The summed E-state index contributed by atoms with van der Waals surface area (Å²) in [6, 6.07) is 13.8. The zero-order valence-electron chi connectivity index (χ0n) is 15.1. The predicted octanol–water partition coefficient (Wildman–Crippen LogP) is 3.10. The average molecular weight is 342 g/mol. The van der Waals surface area contributed by atoms with Crippen molar-refractivity contribution in [2.75, 3.05) is 27.3 Å². The van der Waals surface area contributed by atoms with Crippen molar-refractivity contribution in [1.82, 2.24) is 10.6 Å². The van der Waals surface area contributed by atoms with Crippen LogP contribution in [0.1, 0.15) is 16.7 Å². The van der Waals surface area contributed by atoms with E-state index in [0.717, 1.165) is 18.4 Å². The second-order valence-electron chi connectivity index (χ2n) is 5.80. The number of nitrogens with one attached hydrogen (secondary N) is 2. The van der Waals surface area contributed by atoms with Crippen LogP contribution in [0.4, 0.5) is 4.79 Å². The molecule has 2 aromatic rings. The van der Waals surface area contributed by atoms with Crippen LogP contribution in [0.3, 0.4) is 0 Å². The van der Waals surface area contributed by atoms with Crippen molar-refractivity contribution in [3.05, 3.63) is 59.2 Å². The Morgan fingerprint density at radius 2 is 1.60 bits per heavy atom. The molecule has 0 aromatic heterocycles. The highest BCUT2D eigenvalue weighted by molar-refractivity contribution is 5.73. The number of carbonyl (C=O) groups is 1. The summed E-state index contributed by atoms with van der Waals surface area (Å²) in [4.78, 5) is 11.9. The van der Waals surface area contributed by atoms with Crippen molar-refractivity contribution in [2.24, 2.45) is 0 Å². The van der Waals surface area contributed by atoms with Gasteiger partial charge >= 0.3 is 6.03 Å². The van der Waals surface area contributed by atoms with Gasteiger partial charge < -0.3 is 20.1 Å². The van der Waals surface area contributed by atoms with E-state index in [2.05, 4.69) is 29.7 Å². The lowest BCUT2D eigenvalue weighted by Crippen LogP contribution is -2.37. The number of urea groups is 1. The number of aryl methyl sites for hydroxylation is 1. The lowest BCUT2D eigenvalue weighted by atomic mass is 10.1. The predicted molar refractivity (Wildman–Crippen MR) is 99.5 cm³/mol. The molecule has 2 rings (SSSR count). The van der Waals surface area contributed by atoms with E-state index in [9.17, 15) is 4.79 Å². The Bertz CT molecular complexity index is 701. The number of rotatable bonds is 8. The Labute approximate surface area is 149 Å². The highest BCUT2D eigenvalue weighted by atomic mass is 16.5. The monoisotopic (exact) mass is 342 g/mol. The lowest BCUT2D eigenvalue weighted by molar-refractivity contribution is 0.241. The number of methoxy groups -OCH3 is 2. The van der Waals surface area contributed by atoms with Gasteiger partial charge in [0.15, 0.2) is 11.5 Å². The van der Waals surface area contributed by atoms with Gasteiger partial charge in [0.1, 0.15) is 0 Å². The highest BCUT2D eigenvalue weighted by Crippen LogP contribution is 2.27. The number of hydrogen-bond acceptors (Lipinski definition) is 3. The molecule has 2 N–H and O–H groups in total. The second-order valence-corrected chi connectivity index (χ2v) is 5.80. The largest absolute Gasteiger partial charge is 0.493 e. The van der Waals surface area contributed by atoms with Gasteiger partial charge in [0.05, 0.1) is 14.2 Å². The van der Waals surface area contributed by atoms with E-state index in [0.29, 0.717) is 24.6 Å². The van der Waals surface area contributed by atoms with E-state index in [-0.39, 0.29) is 6.03 Å². The maximum atomic E-state index is 11.9. The van der Waals surface area contributed by atoms with Gasteiger partial charge in [-0.05, 0) is 48.6 Å². The summed E-state index contributed by atoms with van der Waals surface area (Å²) in [5, 5.41) is 5.77. The minimum absolute atomic E-state index is 0.144. The molecule has 0 unspecified atom stereocenters. The number of ether oxygens (including phenoxy) is 2. The quantitative estimate of drug-likeness (QED) is 0.775. The molecule has 0 aliphatic rings. The van der Waals surface area contributed by atoms with Crippen LogP contribution in [0.25, 0.3) is 0 Å². The molecule has 2 amide bonds. The average Bonchev–Trinajstić information content (AvgIpc) is 2.63. The van der Waals surface area contributed by atoms with Gasteiger partial charge in [-0.1, -0.05) is 30.3 Å². The molecular weight excluding hydrogens is 316 g/mol. The number of carbonyl (C=O) groups excluding carboxylic acids is 1. The Balaban J connectivity index is 1.71. The first-order chi connectivity index (χ1) is 12.1. The summed E-state index contributed by atoms with van der Waals surface area (Å²) in [6.07, 6.45) is 1.56. The maximum Gasteiger partial charge on any atom is 0.314 e. The summed E-state index contributed by atoms with van der Waals surface area (Å²) in [5.74, 6) is 1.40. The number of benzene rings is 2. The Kier molecular flexibility index (Phi) is 7.14. The van der Waals surface area contributed by atoms with Crippen LogP contribution in [-0.4, -0.2) is 33.3 Å². The summed E-state index contributed by atoms with van der Waals surface area (Å²) in [5.41, 5.74) is 3.59. The topological polar surface area (TPSA) is 59.6 Å². The smallest absolute Gasteiger partial charge is 0.314 e. The van der Waals surface area contributed by atoms with Crippen LogP contribution in [0.5, 0.6) is 11.5 Å². The van der Waals surface area contributed by atoms with Gasteiger partial charge in [-0.25, -0.2) is 4.79 Å². The van der Waals surface area contributed by atoms with Crippen LogP contribution in [0, 0.1) is 6.92 Å². The van der Waals surface area contributed by atoms with Crippen molar-refractivity contribution in [2.45, 2.75) is 19.8 Å². The van der Waals surface area contributed by atoms with Gasteiger partial charge in [-0.3, -0.25) is 0 Å². The molecule has 134 valence electrons. The summed E-state index contributed by atoms with van der Waals surface area (Å²) in [6.45, 7) is 3.26. The minimum atomic E-state index is -0.144. The summed E-state index contributed by atoms with van der Waals surface area (Å²) < 4.78 is 10.5. The van der Waals surface area contributed by atoms with Gasteiger partial charge in [-0.2, -0.15) is 0 Å². The summed E-state index contributed by atoms with van der Waals surface area (Å²) in [7, 11) is 3.22. The third kappa shape index (κ3) is 5.71. The van der Waals surface area contributed by atoms with Crippen molar-refractivity contribution < 1.29 is 14.3 Å². The van der Waals surface area contributed by atoms with Crippen molar-refractivity contribution >= 4 is 6.03 Å². The molecule has 0 atom stereocenters. The molecule has 0 radical (unpaired) electrons. The second kappa shape index (κ2) is 9.57. The third-order valence-electron chi connectivity index (χ3n) is 4.09. The van der Waals surface area contributed by atoms with Crippen LogP contribution in [0.15, 0.2) is 42.5 Å². The molecule has 5 heteroatoms. The van der Waals surface area contributed by atoms with Crippen molar-refractivity contribution in [3.8, 4) is 11.5 Å². The minimum Gasteiger partial charge on any atom is -0.493 e. The van der Waals surface area contributed by atoms with E-state index >= 15 is 0 Å². The Morgan fingerprint density at radius 1 is 0.920 bits per heavy atom. The maximum absolute atomic E-state index is 11.9. The normalized spacial score (nSPS) is 10.2. The van der Waals surface area contributed by atoms with Crippen molar-refractivity contribution in [3.63, 3.8) is 0 Å². The molecule has 5 nitrogen and oxygen atoms in total. The van der Waals surface area contributed by atoms with Crippen molar-refractivity contribution in [1.29, 1.82) is 0 Å². The molecule has 0 heterocycles. The highest BCUT2D eigenvalue weighted by Gasteiger charge is 2.05. The third-order valence-corrected chi connectivity index (χ3v) is 4.09. The molecular formula is C20H26N2O3. The van der Waals surface area contributed by atoms with Gasteiger partial charge in [0, 0.05) is 13.1 Å². The van der Waals surface area contributed by atoms with E-state index in [1.807, 2.05) is 30.3 Å². The number of hydrogen-bond donors (Lipinski definition) is 2. The fourth-order valence-corrected chi connectivity index (χ4v) is 2.62. The first-order valence-corrected chi connectivity index (χ1v) is 8.41. The van der Waals surface area contributed by atoms with Gasteiger partial charge in [0.25, 0.3) is 0 Å². The van der Waals surface area contributed by atoms with Crippen LogP contribution in [-0.2, 0) is 12.8 Å². The van der Waals surface area contributed by atoms with E-state index < -0.39 is 0 Å². The molecule has 0 fully saturated rings. The first kappa shape index (κ1) is 18.6. The van der Waals surface area contributed by atoms with E-state index in [4.69, 9.17) is 9.47 Å². The molecule has 2 aromatic carbocycles. The fraction of sp³-hybridized carbons (Fsp3) is 0.350. The van der Waals surface area contributed by atoms with E-state index in [1.165, 1.54) is 11.1 Å². The zero-order chi connectivity index (χ0) is 18.1. The van der Waals surface area contributed by atoms with Crippen LogP contribution in [0.2, 0.25) is 0 Å². The lowest BCUT2D eigenvalue weighted by Gasteiger charge is -2.11. The Morgan fingerprint density at radius 3 is 2.28 bits per heavy atom. The van der Waals surface area contributed by atoms with Crippen LogP contribution < -0.4 is 20.1 Å². The van der Waals surface area contributed by atoms with E-state index in [1.54, 1.807) is 14.2 Å². The molecule has 0 saturated heterocycles. The van der Waals surface area contributed by atoms with Crippen LogP contribution >= 0.6 is 0 Å². The molecule has 0 aliphatic carbocycles.